The second-order valence-electron chi connectivity index (χ2n) is 5.75. The number of methoxy groups -OCH3 is 2. The monoisotopic (exact) mass is 330 g/mol. The lowest BCUT2D eigenvalue weighted by atomic mass is 10.0. The molecule has 0 amide bonds. The molecule has 25 heavy (non-hydrogen) atoms. The SMILES string of the molecule is COc1cc2c(-c3ccccc3)oc(-c3ccccc3)c2cc1OC. The molecular weight excluding hydrogens is 312 g/mol. The molecule has 1 aromatic heterocycles. The van der Waals surface area contributed by atoms with Gasteiger partial charge in [-0.05, 0) is 12.1 Å². The van der Waals surface area contributed by atoms with E-state index in [1.165, 1.54) is 0 Å². The van der Waals surface area contributed by atoms with Crippen molar-refractivity contribution in [1.29, 1.82) is 0 Å². The quantitative estimate of drug-likeness (QED) is 0.475. The van der Waals surface area contributed by atoms with Crippen molar-refractivity contribution in [2.75, 3.05) is 14.2 Å². The molecule has 0 fully saturated rings. The van der Waals surface area contributed by atoms with Gasteiger partial charge in [0.2, 0.25) is 0 Å². The summed E-state index contributed by atoms with van der Waals surface area (Å²) in [6, 6.07) is 24.2. The molecule has 0 unspecified atom stereocenters. The third-order valence-electron chi connectivity index (χ3n) is 4.29. The maximum absolute atomic E-state index is 6.33. The van der Waals surface area contributed by atoms with E-state index in [0.29, 0.717) is 11.5 Å². The van der Waals surface area contributed by atoms with Gasteiger partial charge in [0.15, 0.2) is 11.5 Å². The van der Waals surface area contributed by atoms with Crippen LogP contribution < -0.4 is 9.47 Å². The van der Waals surface area contributed by atoms with Crippen molar-refractivity contribution in [1.82, 2.24) is 0 Å². The largest absolute Gasteiger partial charge is 0.493 e. The van der Waals surface area contributed by atoms with E-state index in [0.717, 1.165) is 33.4 Å². The molecule has 0 saturated carbocycles. The Morgan fingerprint density at radius 2 is 1.00 bits per heavy atom. The van der Waals surface area contributed by atoms with E-state index in [1.54, 1.807) is 14.2 Å². The molecule has 3 heteroatoms. The maximum Gasteiger partial charge on any atom is 0.161 e. The minimum absolute atomic E-state index is 0.688. The predicted molar refractivity (Wildman–Crippen MR) is 100 cm³/mol. The third-order valence-corrected chi connectivity index (χ3v) is 4.29. The number of fused-ring (bicyclic) bond motifs is 1. The first kappa shape index (κ1) is 15.3. The minimum Gasteiger partial charge on any atom is -0.493 e. The Morgan fingerprint density at radius 3 is 1.36 bits per heavy atom. The molecule has 3 nitrogen and oxygen atoms in total. The van der Waals surface area contributed by atoms with Crippen molar-refractivity contribution in [3.63, 3.8) is 0 Å². The van der Waals surface area contributed by atoms with E-state index in [4.69, 9.17) is 13.9 Å². The number of rotatable bonds is 4. The van der Waals surface area contributed by atoms with Crippen LogP contribution in [0.4, 0.5) is 0 Å². The van der Waals surface area contributed by atoms with Gasteiger partial charge in [-0.25, -0.2) is 0 Å². The standard InChI is InChI=1S/C22H18O3/c1-23-19-13-17-18(14-20(19)24-2)22(16-11-7-4-8-12-16)25-21(17)15-9-5-3-6-10-15/h3-14H,1-2H3. The van der Waals surface area contributed by atoms with Gasteiger partial charge in [-0.3, -0.25) is 0 Å². The second-order valence-corrected chi connectivity index (χ2v) is 5.75. The predicted octanol–water partition coefficient (Wildman–Crippen LogP) is 5.78. The second kappa shape index (κ2) is 6.36. The van der Waals surface area contributed by atoms with Crippen LogP contribution in [0.15, 0.2) is 77.2 Å². The van der Waals surface area contributed by atoms with Gasteiger partial charge in [0.1, 0.15) is 11.5 Å². The number of benzene rings is 3. The lowest BCUT2D eigenvalue weighted by Gasteiger charge is -2.08. The Morgan fingerprint density at radius 1 is 0.600 bits per heavy atom. The summed E-state index contributed by atoms with van der Waals surface area (Å²) in [6.07, 6.45) is 0. The van der Waals surface area contributed by atoms with Gasteiger partial charge in [0.05, 0.1) is 14.2 Å². The van der Waals surface area contributed by atoms with Crippen LogP contribution in [0.1, 0.15) is 0 Å². The summed E-state index contributed by atoms with van der Waals surface area (Å²) in [4.78, 5) is 0. The highest BCUT2D eigenvalue weighted by Crippen LogP contribution is 2.43. The Kier molecular flexibility index (Phi) is 3.90. The average molecular weight is 330 g/mol. The Labute approximate surface area is 146 Å². The minimum atomic E-state index is 0.688. The normalized spacial score (nSPS) is 10.8. The summed E-state index contributed by atoms with van der Waals surface area (Å²) in [7, 11) is 3.29. The van der Waals surface area contributed by atoms with Crippen LogP contribution in [0.25, 0.3) is 33.4 Å². The lowest BCUT2D eigenvalue weighted by Crippen LogP contribution is -1.90. The van der Waals surface area contributed by atoms with Crippen molar-refractivity contribution in [2.45, 2.75) is 0 Å². The van der Waals surface area contributed by atoms with Gasteiger partial charge in [0, 0.05) is 21.9 Å². The summed E-state index contributed by atoms with van der Waals surface area (Å²) in [5.74, 6) is 3.03. The molecule has 0 aliphatic heterocycles. The highest BCUT2D eigenvalue weighted by molar-refractivity contribution is 6.04. The Balaban J connectivity index is 2.05. The third kappa shape index (κ3) is 2.64. The van der Waals surface area contributed by atoms with E-state index in [-0.39, 0.29) is 0 Å². The van der Waals surface area contributed by atoms with Crippen LogP contribution in [0.5, 0.6) is 11.5 Å². The van der Waals surface area contributed by atoms with Crippen molar-refractivity contribution in [3.05, 3.63) is 72.8 Å². The summed E-state index contributed by atoms with van der Waals surface area (Å²) >= 11 is 0. The molecule has 0 bridgehead atoms. The van der Waals surface area contributed by atoms with Crippen LogP contribution in [0, 0.1) is 0 Å². The van der Waals surface area contributed by atoms with Gasteiger partial charge in [-0.15, -0.1) is 0 Å². The molecule has 0 saturated heterocycles. The van der Waals surface area contributed by atoms with E-state index >= 15 is 0 Å². The smallest absolute Gasteiger partial charge is 0.161 e. The van der Waals surface area contributed by atoms with Gasteiger partial charge in [-0.2, -0.15) is 0 Å². The molecule has 0 atom stereocenters. The lowest BCUT2D eigenvalue weighted by molar-refractivity contribution is 0.356. The molecule has 3 aromatic carbocycles. The molecule has 0 radical (unpaired) electrons. The summed E-state index contributed by atoms with van der Waals surface area (Å²) in [5, 5.41) is 2.01. The maximum atomic E-state index is 6.33. The van der Waals surface area contributed by atoms with Crippen molar-refractivity contribution >= 4 is 10.8 Å². The van der Waals surface area contributed by atoms with Gasteiger partial charge in [-0.1, -0.05) is 60.7 Å². The molecule has 0 aliphatic carbocycles. The molecule has 0 N–H and O–H groups in total. The van der Waals surface area contributed by atoms with Crippen LogP contribution >= 0.6 is 0 Å². The number of furan rings is 1. The van der Waals surface area contributed by atoms with Crippen LogP contribution in [0.3, 0.4) is 0 Å². The van der Waals surface area contributed by atoms with E-state index in [2.05, 4.69) is 0 Å². The van der Waals surface area contributed by atoms with E-state index in [1.807, 2.05) is 72.8 Å². The molecule has 4 rings (SSSR count). The summed E-state index contributed by atoms with van der Waals surface area (Å²) in [6.45, 7) is 0. The molecular formula is C22H18O3. The highest BCUT2D eigenvalue weighted by atomic mass is 16.5. The van der Waals surface area contributed by atoms with Crippen molar-refractivity contribution < 1.29 is 13.9 Å². The summed E-state index contributed by atoms with van der Waals surface area (Å²) < 4.78 is 17.3. The van der Waals surface area contributed by atoms with Gasteiger partial charge in [0.25, 0.3) is 0 Å². The van der Waals surface area contributed by atoms with Gasteiger partial charge < -0.3 is 13.9 Å². The van der Waals surface area contributed by atoms with Crippen molar-refractivity contribution in [3.8, 4) is 34.1 Å². The van der Waals surface area contributed by atoms with Crippen LogP contribution in [-0.2, 0) is 0 Å². The number of ether oxygens (including phenoxy) is 2. The fraction of sp³-hybridized carbons (Fsp3) is 0.0909. The fourth-order valence-electron chi connectivity index (χ4n) is 3.07. The zero-order chi connectivity index (χ0) is 17.2. The number of hydrogen-bond donors (Lipinski definition) is 0. The van der Waals surface area contributed by atoms with Crippen molar-refractivity contribution in [2.24, 2.45) is 0 Å². The molecule has 0 spiro atoms. The first-order valence-electron chi connectivity index (χ1n) is 8.11. The fourth-order valence-corrected chi connectivity index (χ4v) is 3.07. The zero-order valence-corrected chi connectivity index (χ0v) is 14.2. The summed E-state index contributed by atoms with van der Waals surface area (Å²) in [5.41, 5.74) is 2.06. The molecule has 4 aromatic rings. The Bertz CT molecular complexity index is 920. The topological polar surface area (TPSA) is 31.6 Å². The van der Waals surface area contributed by atoms with Gasteiger partial charge >= 0.3 is 0 Å². The van der Waals surface area contributed by atoms with Crippen LogP contribution in [0.2, 0.25) is 0 Å². The number of hydrogen-bond acceptors (Lipinski definition) is 3. The van der Waals surface area contributed by atoms with E-state index < -0.39 is 0 Å². The molecule has 1 heterocycles. The highest BCUT2D eigenvalue weighted by Gasteiger charge is 2.19. The first-order chi connectivity index (χ1) is 12.3. The van der Waals surface area contributed by atoms with Crippen LogP contribution in [-0.4, -0.2) is 14.2 Å². The first-order valence-corrected chi connectivity index (χ1v) is 8.11. The zero-order valence-electron chi connectivity index (χ0n) is 14.2. The molecule has 0 aliphatic rings. The molecule has 124 valence electrons. The van der Waals surface area contributed by atoms with E-state index in [9.17, 15) is 0 Å². The average Bonchev–Trinajstić information content (AvgIpc) is 3.06. The Hall–Kier alpha value is -3.20.